The van der Waals surface area contributed by atoms with Crippen molar-refractivity contribution < 1.29 is 9.18 Å². The van der Waals surface area contributed by atoms with Gasteiger partial charge in [0.05, 0.1) is 16.9 Å². The Balaban J connectivity index is 1.98. The maximum absolute atomic E-state index is 15.4. The lowest BCUT2D eigenvalue weighted by Gasteiger charge is -2.32. The Bertz CT molecular complexity index is 1870. The number of nitrogens with zero attached hydrogens (tertiary/aromatic N) is 4. The molecule has 1 N–H and O–H groups in total. The Hall–Kier alpha value is -3.74. The second-order valence-electron chi connectivity index (χ2n) is 10.4. The summed E-state index contributed by atoms with van der Waals surface area (Å²) in [6, 6.07) is 10.8. The van der Waals surface area contributed by atoms with Crippen LogP contribution in [0.3, 0.4) is 0 Å². The van der Waals surface area contributed by atoms with Crippen LogP contribution in [0, 0.1) is 16.3 Å². The molecule has 11 heteroatoms. The maximum Gasteiger partial charge on any atom is 0.336 e. The zero-order valence-electron chi connectivity index (χ0n) is 22.8. The minimum Gasteiger partial charge on any atom is -0.326 e. The number of aromatic nitrogens is 3. The number of hydrogen-bond donors (Lipinski definition) is 1. The molecule has 1 aliphatic rings. The van der Waals surface area contributed by atoms with Gasteiger partial charge in [-0.3, -0.25) is 28.1 Å². The van der Waals surface area contributed by atoms with Crippen LogP contribution < -0.4 is 27.0 Å². The number of carbonyl (C=O) groups is 1. The summed E-state index contributed by atoms with van der Waals surface area (Å²) < 4.78 is 20.1. The summed E-state index contributed by atoms with van der Waals surface area (Å²) >= 11 is 2.02. The lowest BCUT2D eigenvalue weighted by Crippen LogP contribution is -2.43. The van der Waals surface area contributed by atoms with Gasteiger partial charge < -0.3 is 10.2 Å². The van der Waals surface area contributed by atoms with Gasteiger partial charge in [0.25, 0.3) is 11.1 Å². The van der Waals surface area contributed by atoms with E-state index in [9.17, 15) is 19.2 Å². The minimum absolute atomic E-state index is 0.141. The van der Waals surface area contributed by atoms with Crippen molar-refractivity contribution in [2.75, 3.05) is 10.2 Å². The summed E-state index contributed by atoms with van der Waals surface area (Å²) in [6.45, 7) is 6.65. The molecule has 0 unspecified atom stereocenters. The van der Waals surface area contributed by atoms with Crippen molar-refractivity contribution in [2.24, 2.45) is 7.05 Å². The van der Waals surface area contributed by atoms with Gasteiger partial charge in [0.1, 0.15) is 17.0 Å². The van der Waals surface area contributed by atoms with Gasteiger partial charge in [0.15, 0.2) is 0 Å². The third kappa shape index (κ3) is 4.65. The molecule has 0 spiro atoms. The molecule has 0 atom stereocenters. The predicted molar refractivity (Wildman–Crippen MR) is 163 cm³/mol. The number of hydrogen-bond acceptors (Lipinski definition) is 5. The highest BCUT2D eigenvalue weighted by Crippen LogP contribution is 2.37. The SMILES string of the molecule is CC(=O)Nc1cccc(-n2c(=O)n(C3CC3)c(=O)c3c(N(c4ccc(I)cc4F)C(C)C)n(C)c(=O)c(C)c32)c1. The first-order valence-corrected chi connectivity index (χ1v) is 14.0. The van der Waals surface area contributed by atoms with Gasteiger partial charge in [-0.1, -0.05) is 6.07 Å². The number of amides is 1. The second-order valence-corrected chi connectivity index (χ2v) is 11.6. The number of benzene rings is 2. The van der Waals surface area contributed by atoms with Crippen LogP contribution in [-0.2, 0) is 11.8 Å². The van der Waals surface area contributed by atoms with E-state index in [1.807, 2.05) is 36.4 Å². The summed E-state index contributed by atoms with van der Waals surface area (Å²) in [7, 11) is 1.55. The molecule has 4 aromatic rings. The van der Waals surface area contributed by atoms with Crippen LogP contribution >= 0.6 is 22.6 Å². The fourth-order valence-electron chi connectivity index (χ4n) is 5.21. The number of carbonyl (C=O) groups excluding carboxylic acids is 1. The van der Waals surface area contributed by atoms with Gasteiger partial charge in [0.2, 0.25) is 5.91 Å². The van der Waals surface area contributed by atoms with Crippen LogP contribution in [-0.4, -0.2) is 25.7 Å². The topological polar surface area (TPSA) is 98.3 Å². The monoisotopic (exact) mass is 657 g/mol. The molecular weight excluding hydrogens is 628 g/mol. The molecule has 0 radical (unpaired) electrons. The Labute approximate surface area is 243 Å². The highest BCUT2D eigenvalue weighted by atomic mass is 127. The Morgan fingerprint density at radius 3 is 2.40 bits per heavy atom. The molecule has 0 bridgehead atoms. The predicted octanol–water partition coefficient (Wildman–Crippen LogP) is 4.74. The molecule has 40 heavy (non-hydrogen) atoms. The summed E-state index contributed by atoms with van der Waals surface area (Å²) in [4.78, 5) is 55.3. The molecule has 0 aliphatic heterocycles. The molecule has 1 amide bonds. The van der Waals surface area contributed by atoms with Crippen molar-refractivity contribution in [3.63, 3.8) is 0 Å². The number of pyridine rings is 1. The first-order valence-electron chi connectivity index (χ1n) is 13.0. The third-order valence-electron chi connectivity index (χ3n) is 7.06. The number of halogens is 2. The highest BCUT2D eigenvalue weighted by Gasteiger charge is 2.33. The van der Waals surface area contributed by atoms with Crippen LogP contribution in [0.2, 0.25) is 0 Å². The lowest BCUT2D eigenvalue weighted by atomic mass is 10.1. The molecule has 2 aromatic carbocycles. The molecule has 2 heterocycles. The lowest BCUT2D eigenvalue weighted by molar-refractivity contribution is -0.114. The van der Waals surface area contributed by atoms with Crippen molar-refractivity contribution in [2.45, 2.75) is 52.6 Å². The van der Waals surface area contributed by atoms with Gasteiger partial charge in [0, 0.05) is 40.9 Å². The van der Waals surface area contributed by atoms with E-state index in [0.717, 1.165) is 0 Å². The quantitative estimate of drug-likeness (QED) is 0.302. The van der Waals surface area contributed by atoms with Crippen molar-refractivity contribution in [3.05, 3.63) is 88.6 Å². The summed E-state index contributed by atoms with van der Waals surface area (Å²) in [5.41, 5.74) is -0.111. The Morgan fingerprint density at radius 2 is 1.80 bits per heavy atom. The molecule has 9 nitrogen and oxygen atoms in total. The van der Waals surface area contributed by atoms with E-state index in [1.165, 1.54) is 26.7 Å². The molecule has 2 aromatic heterocycles. The summed E-state index contributed by atoms with van der Waals surface area (Å²) in [5, 5.41) is 2.86. The average molecular weight is 657 g/mol. The zero-order valence-corrected chi connectivity index (χ0v) is 24.9. The van der Waals surface area contributed by atoms with Crippen molar-refractivity contribution in [1.82, 2.24) is 13.7 Å². The highest BCUT2D eigenvalue weighted by molar-refractivity contribution is 14.1. The normalized spacial score (nSPS) is 13.2. The molecule has 5 rings (SSSR count). The van der Waals surface area contributed by atoms with E-state index in [-0.39, 0.29) is 46.0 Å². The number of rotatable bonds is 6. The molecule has 1 aliphatic carbocycles. The number of aryl methyl sites for hydroxylation is 1. The van der Waals surface area contributed by atoms with Gasteiger partial charge >= 0.3 is 5.69 Å². The average Bonchev–Trinajstić information content (AvgIpc) is 3.71. The van der Waals surface area contributed by atoms with E-state index < -0.39 is 22.6 Å². The standard InChI is InChI=1S/C29H29FIN5O4/c1-15(2)34(23-12-9-18(31)13-22(23)30)26-24-25(16(3)27(38)33(26)5)35(29(40)36(28(24)39)20-10-11-20)21-8-6-7-19(14-21)32-17(4)37/h6-9,12-15,20H,10-11H2,1-5H3,(H,32,37). The number of fused-ring (bicyclic) bond motifs is 1. The first kappa shape index (κ1) is 27.8. The van der Waals surface area contributed by atoms with Crippen molar-refractivity contribution in [1.29, 1.82) is 0 Å². The number of anilines is 3. The molecule has 0 saturated heterocycles. The fourth-order valence-corrected chi connectivity index (χ4v) is 5.67. The fraction of sp³-hybridized carbons (Fsp3) is 0.310. The first-order chi connectivity index (χ1) is 18.9. The van der Waals surface area contributed by atoms with E-state index in [1.54, 1.807) is 55.3 Å². The van der Waals surface area contributed by atoms with E-state index in [0.29, 0.717) is 27.8 Å². The second kappa shape index (κ2) is 10.3. The van der Waals surface area contributed by atoms with Crippen LogP contribution in [0.5, 0.6) is 0 Å². The Morgan fingerprint density at radius 1 is 1.10 bits per heavy atom. The van der Waals surface area contributed by atoms with Gasteiger partial charge in [-0.05, 0) is 92.6 Å². The zero-order chi connectivity index (χ0) is 29.0. The smallest absolute Gasteiger partial charge is 0.326 e. The maximum atomic E-state index is 15.4. The summed E-state index contributed by atoms with van der Waals surface area (Å²) in [6.07, 6.45) is 1.35. The minimum atomic E-state index is -0.571. The largest absolute Gasteiger partial charge is 0.336 e. The molecule has 208 valence electrons. The number of nitrogens with one attached hydrogen (secondary N) is 1. The van der Waals surface area contributed by atoms with E-state index in [4.69, 9.17) is 0 Å². The van der Waals surface area contributed by atoms with Crippen LogP contribution in [0.1, 0.15) is 45.2 Å². The van der Waals surface area contributed by atoms with E-state index in [2.05, 4.69) is 5.32 Å². The van der Waals surface area contributed by atoms with E-state index >= 15 is 4.39 Å². The molecule has 1 saturated carbocycles. The molecule has 1 fully saturated rings. The van der Waals surface area contributed by atoms with Gasteiger partial charge in [-0.2, -0.15) is 0 Å². The van der Waals surface area contributed by atoms with Crippen molar-refractivity contribution >= 4 is 56.6 Å². The van der Waals surface area contributed by atoms with Crippen LogP contribution in [0.25, 0.3) is 16.6 Å². The summed E-state index contributed by atoms with van der Waals surface area (Å²) in [5.74, 6) is -0.579. The third-order valence-corrected chi connectivity index (χ3v) is 7.73. The molecular formula is C29H29FIN5O4. The van der Waals surface area contributed by atoms with Gasteiger partial charge in [-0.25, -0.2) is 9.18 Å². The Kier molecular flexibility index (Phi) is 7.19. The van der Waals surface area contributed by atoms with Gasteiger partial charge in [-0.15, -0.1) is 0 Å². The van der Waals surface area contributed by atoms with Crippen LogP contribution in [0.15, 0.2) is 56.8 Å². The van der Waals surface area contributed by atoms with Crippen molar-refractivity contribution in [3.8, 4) is 5.69 Å². The van der Waals surface area contributed by atoms with Crippen LogP contribution in [0.4, 0.5) is 21.6 Å².